The van der Waals surface area contributed by atoms with Crippen molar-refractivity contribution in [3.05, 3.63) is 18.0 Å². The fourth-order valence-electron chi connectivity index (χ4n) is 1.40. The molecule has 1 saturated carbocycles. The van der Waals surface area contributed by atoms with Crippen molar-refractivity contribution in [1.29, 1.82) is 0 Å². The van der Waals surface area contributed by atoms with Gasteiger partial charge in [-0.1, -0.05) is 6.92 Å². The van der Waals surface area contributed by atoms with Crippen LogP contribution in [0.2, 0.25) is 0 Å². The molecule has 1 aliphatic carbocycles. The molecule has 0 spiro atoms. The predicted molar refractivity (Wildman–Crippen MR) is 57.4 cm³/mol. The van der Waals surface area contributed by atoms with Crippen molar-refractivity contribution < 1.29 is 0 Å². The highest BCUT2D eigenvalue weighted by Crippen LogP contribution is 2.39. The summed E-state index contributed by atoms with van der Waals surface area (Å²) < 4.78 is 2.03. The second-order valence-electron chi connectivity index (χ2n) is 3.98. The van der Waals surface area contributed by atoms with Crippen molar-refractivity contribution in [3.8, 4) is 0 Å². The van der Waals surface area contributed by atoms with E-state index in [1.54, 1.807) is 0 Å². The molecule has 1 fully saturated rings. The SMILES string of the molecule is CC(S)[C@H](C)n1ccc(C2CC2)n1. The molecule has 0 amide bonds. The monoisotopic (exact) mass is 196 g/mol. The Kier molecular flexibility index (Phi) is 2.37. The summed E-state index contributed by atoms with van der Waals surface area (Å²) in [5.41, 5.74) is 1.26. The molecular formula is C10H16N2S. The fraction of sp³-hybridized carbons (Fsp3) is 0.700. The summed E-state index contributed by atoms with van der Waals surface area (Å²) >= 11 is 4.42. The maximum absolute atomic E-state index is 4.56. The smallest absolute Gasteiger partial charge is 0.0655 e. The van der Waals surface area contributed by atoms with Crippen LogP contribution in [0.25, 0.3) is 0 Å². The molecule has 0 aliphatic heterocycles. The van der Waals surface area contributed by atoms with Crippen LogP contribution in [0.1, 0.15) is 44.3 Å². The summed E-state index contributed by atoms with van der Waals surface area (Å²) in [6.45, 7) is 4.26. The van der Waals surface area contributed by atoms with Crippen molar-refractivity contribution in [3.63, 3.8) is 0 Å². The Morgan fingerprint density at radius 1 is 1.54 bits per heavy atom. The van der Waals surface area contributed by atoms with Gasteiger partial charge in [-0.15, -0.1) is 0 Å². The van der Waals surface area contributed by atoms with Crippen LogP contribution in [-0.4, -0.2) is 15.0 Å². The molecule has 0 aromatic carbocycles. The van der Waals surface area contributed by atoms with Crippen molar-refractivity contribution in [2.75, 3.05) is 0 Å². The molecule has 72 valence electrons. The molecule has 0 bridgehead atoms. The number of rotatable bonds is 3. The maximum Gasteiger partial charge on any atom is 0.0655 e. The zero-order valence-electron chi connectivity index (χ0n) is 8.14. The van der Waals surface area contributed by atoms with E-state index in [0.717, 1.165) is 5.92 Å². The molecule has 2 atom stereocenters. The molecule has 13 heavy (non-hydrogen) atoms. The third kappa shape index (κ3) is 1.90. The number of hydrogen-bond acceptors (Lipinski definition) is 2. The molecule has 1 aliphatic rings. The van der Waals surface area contributed by atoms with E-state index >= 15 is 0 Å². The van der Waals surface area contributed by atoms with Crippen LogP contribution in [0.5, 0.6) is 0 Å². The summed E-state index contributed by atoms with van der Waals surface area (Å²) in [6.07, 6.45) is 4.72. The van der Waals surface area contributed by atoms with Gasteiger partial charge in [0.05, 0.1) is 11.7 Å². The summed E-state index contributed by atoms with van der Waals surface area (Å²) in [5, 5.41) is 4.91. The van der Waals surface area contributed by atoms with Crippen LogP contribution in [0.15, 0.2) is 12.3 Å². The Morgan fingerprint density at radius 2 is 2.23 bits per heavy atom. The molecule has 0 radical (unpaired) electrons. The quantitative estimate of drug-likeness (QED) is 0.736. The maximum atomic E-state index is 4.56. The first kappa shape index (κ1) is 9.13. The van der Waals surface area contributed by atoms with Crippen LogP contribution < -0.4 is 0 Å². The molecule has 3 heteroatoms. The molecule has 2 rings (SSSR count). The van der Waals surface area contributed by atoms with Crippen molar-refractivity contribution >= 4 is 12.6 Å². The van der Waals surface area contributed by atoms with E-state index in [9.17, 15) is 0 Å². The van der Waals surface area contributed by atoms with E-state index in [-0.39, 0.29) is 0 Å². The Hall–Kier alpha value is -0.440. The normalized spacial score (nSPS) is 21.5. The first-order valence-electron chi connectivity index (χ1n) is 4.91. The molecule has 1 unspecified atom stereocenters. The van der Waals surface area contributed by atoms with Crippen LogP contribution in [-0.2, 0) is 0 Å². The third-order valence-corrected chi connectivity index (χ3v) is 3.17. The highest BCUT2D eigenvalue weighted by molar-refractivity contribution is 7.80. The number of hydrogen-bond donors (Lipinski definition) is 1. The van der Waals surface area contributed by atoms with Crippen LogP contribution in [0, 0.1) is 0 Å². The molecule has 1 heterocycles. The second-order valence-corrected chi connectivity index (χ2v) is 4.79. The fourth-order valence-corrected chi connectivity index (χ4v) is 1.53. The zero-order chi connectivity index (χ0) is 9.42. The van der Waals surface area contributed by atoms with E-state index in [0.29, 0.717) is 11.3 Å². The lowest BCUT2D eigenvalue weighted by atomic mass is 10.2. The van der Waals surface area contributed by atoms with Crippen LogP contribution >= 0.6 is 12.6 Å². The van der Waals surface area contributed by atoms with E-state index < -0.39 is 0 Å². The van der Waals surface area contributed by atoms with E-state index in [2.05, 4.69) is 43.8 Å². The summed E-state index contributed by atoms with van der Waals surface area (Å²) in [4.78, 5) is 0. The highest BCUT2D eigenvalue weighted by Gasteiger charge is 2.26. The van der Waals surface area contributed by atoms with Crippen molar-refractivity contribution in [2.45, 2.75) is 43.9 Å². The number of thiol groups is 1. The number of nitrogens with zero attached hydrogens (tertiary/aromatic N) is 2. The van der Waals surface area contributed by atoms with Gasteiger partial charge in [0.1, 0.15) is 0 Å². The molecule has 1 aromatic rings. The molecular weight excluding hydrogens is 180 g/mol. The van der Waals surface area contributed by atoms with Gasteiger partial charge in [-0.25, -0.2) is 0 Å². The summed E-state index contributed by atoms with van der Waals surface area (Å²) in [7, 11) is 0. The predicted octanol–water partition coefficient (Wildman–Crippen LogP) is 2.64. The van der Waals surface area contributed by atoms with Gasteiger partial charge in [0.15, 0.2) is 0 Å². The Labute approximate surface area is 84.7 Å². The van der Waals surface area contributed by atoms with Gasteiger partial charge in [-0.05, 0) is 25.8 Å². The van der Waals surface area contributed by atoms with Gasteiger partial charge in [0.25, 0.3) is 0 Å². The molecule has 0 N–H and O–H groups in total. The van der Waals surface area contributed by atoms with E-state index in [1.165, 1.54) is 18.5 Å². The van der Waals surface area contributed by atoms with Crippen molar-refractivity contribution in [1.82, 2.24) is 9.78 Å². The highest BCUT2D eigenvalue weighted by atomic mass is 32.1. The van der Waals surface area contributed by atoms with Gasteiger partial charge in [-0.3, -0.25) is 4.68 Å². The second kappa shape index (κ2) is 3.37. The Balaban J connectivity index is 2.11. The topological polar surface area (TPSA) is 17.8 Å². The minimum Gasteiger partial charge on any atom is -0.269 e. The largest absolute Gasteiger partial charge is 0.269 e. The van der Waals surface area contributed by atoms with E-state index in [4.69, 9.17) is 0 Å². The lowest BCUT2D eigenvalue weighted by molar-refractivity contribution is 0.485. The van der Waals surface area contributed by atoms with Crippen LogP contribution in [0.4, 0.5) is 0 Å². The standard InChI is InChI=1S/C10H16N2S/c1-7(8(2)13)12-6-5-10(11-12)9-3-4-9/h5-9,13H,3-4H2,1-2H3/t7-,8?/m0/s1. The lowest BCUT2D eigenvalue weighted by Crippen LogP contribution is -2.14. The van der Waals surface area contributed by atoms with Crippen molar-refractivity contribution in [2.24, 2.45) is 0 Å². The van der Waals surface area contributed by atoms with Gasteiger partial charge < -0.3 is 0 Å². The molecule has 0 saturated heterocycles. The first-order chi connectivity index (χ1) is 6.18. The minimum atomic E-state index is 0.354. The van der Waals surface area contributed by atoms with Gasteiger partial charge in [-0.2, -0.15) is 17.7 Å². The summed E-state index contributed by atoms with van der Waals surface area (Å²) in [6, 6.07) is 2.53. The zero-order valence-corrected chi connectivity index (χ0v) is 9.04. The summed E-state index contributed by atoms with van der Waals surface area (Å²) in [5.74, 6) is 0.753. The molecule has 1 aromatic heterocycles. The van der Waals surface area contributed by atoms with Gasteiger partial charge in [0.2, 0.25) is 0 Å². The first-order valence-corrected chi connectivity index (χ1v) is 5.43. The third-order valence-electron chi connectivity index (χ3n) is 2.74. The average molecular weight is 196 g/mol. The minimum absolute atomic E-state index is 0.354. The Bertz CT molecular complexity index is 289. The van der Waals surface area contributed by atoms with Gasteiger partial charge >= 0.3 is 0 Å². The lowest BCUT2D eigenvalue weighted by Gasteiger charge is -2.14. The van der Waals surface area contributed by atoms with Crippen LogP contribution in [0.3, 0.4) is 0 Å². The average Bonchev–Trinajstić information content (AvgIpc) is 2.83. The van der Waals surface area contributed by atoms with Gasteiger partial charge in [0, 0.05) is 17.4 Å². The Morgan fingerprint density at radius 3 is 2.77 bits per heavy atom. The van der Waals surface area contributed by atoms with E-state index in [1.807, 2.05) is 4.68 Å². The molecule has 2 nitrogen and oxygen atoms in total. The number of aromatic nitrogens is 2.